The topological polar surface area (TPSA) is 43.4 Å². The zero-order chi connectivity index (χ0) is 13.1. The van der Waals surface area contributed by atoms with Gasteiger partial charge >= 0.3 is 5.97 Å². The van der Waals surface area contributed by atoms with E-state index in [1.54, 1.807) is 13.0 Å². The summed E-state index contributed by atoms with van der Waals surface area (Å²) < 4.78 is 5.12. The van der Waals surface area contributed by atoms with E-state index < -0.39 is 5.97 Å². The Morgan fingerprint density at radius 2 is 1.83 bits per heavy atom. The van der Waals surface area contributed by atoms with Gasteiger partial charge in [0.15, 0.2) is 5.78 Å². The summed E-state index contributed by atoms with van der Waals surface area (Å²) in [6.45, 7) is 3.12. The molecule has 2 aromatic rings. The Morgan fingerprint density at radius 3 is 2.50 bits per heavy atom. The molecule has 0 heterocycles. The normalized spacial score (nSPS) is 10.3. The van der Waals surface area contributed by atoms with Crippen LogP contribution < -0.4 is 4.74 Å². The molecule has 2 aromatic carbocycles. The molecule has 2 rings (SSSR count). The lowest BCUT2D eigenvalue weighted by Gasteiger charge is -2.10. The van der Waals surface area contributed by atoms with Gasteiger partial charge in [-0.2, -0.15) is 0 Å². The average molecular weight is 242 g/mol. The summed E-state index contributed by atoms with van der Waals surface area (Å²) in [5, 5.41) is 1.79. The molecule has 3 heteroatoms. The number of hydrogen-bond acceptors (Lipinski definition) is 3. The van der Waals surface area contributed by atoms with Crippen molar-refractivity contribution in [3.8, 4) is 5.75 Å². The Balaban J connectivity index is 2.70. The second kappa shape index (κ2) is 5.00. The Labute approximate surface area is 105 Å². The van der Waals surface area contributed by atoms with Crippen molar-refractivity contribution in [3.05, 3.63) is 42.0 Å². The van der Waals surface area contributed by atoms with Gasteiger partial charge in [0.05, 0.1) is 5.56 Å². The van der Waals surface area contributed by atoms with Gasteiger partial charge in [-0.3, -0.25) is 9.59 Å². The van der Waals surface area contributed by atoms with Crippen LogP contribution in [-0.4, -0.2) is 11.8 Å². The van der Waals surface area contributed by atoms with Crippen molar-refractivity contribution in [1.82, 2.24) is 0 Å². The number of esters is 1. The van der Waals surface area contributed by atoms with Crippen LogP contribution in [0, 0.1) is 0 Å². The van der Waals surface area contributed by atoms with Crippen LogP contribution in [0.3, 0.4) is 0 Å². The SMILES string of the molecule is CCC(=O)c1c(OC(C)=O)ccc2ccccc12. The molecule has 0 aliphatic rings. The van der Waals surface area contributed by atoms with E-state index in [0.29, 0.717) is 17.7 Å². The lowest BCUT2D eigenvalue weighted by Crippen LogP contribution is -2.07. The van der Waals surface area contributed by atoms with Crippen molar-refractivity contribution in [2.24, 2.45) is 0 Å². The highest BCUT2D eigenvalue weighted by molar-refractivity contribution is 6.10. The van der Waals surface area contributed by atoms with Crippen LogP contribution in [0.2, 0.25) is 0 Å². The number of rotatable bonds is 3. The number of hydrogen-bond donors (Lipinski definition) is 0. The second-order valence-electron chi connectivity index (χ2n) is 4.03. The summed E-state index contributed by atoms with van der Waals surface area (Å²) in [5.74, 6) is -0.105. The molecule has 0 N–H and O–H groups in total. The van der Waals surface area contributed by atoms with Gasteiger partial charge in [-0.25, -0.2) is 0 Å². The molecule has 0 saturated carbocycles. The molecule has 0 aliphatic heterocycles. The highest BCUT2D eigenvalue weighted by Gasteiger charge is 2.16. The first-order valence-corrected chi connectivity index (χ1v) is 5.87. The van der Waals surface area contributed by atoms with E-state index in [9.17, 15) is 9.59 Å². The minimum absolute atomic E-state index is 0.0250. The number of carbonyl (C=O) groups is 2. The van der Waals surface area contributed by atoms with Gasteiger partial charge in [0.1, 0.15) is 5.75 Å². The Morgan fingerprint density at radius 1 is 1.11 bits per heavy atom. The zero-order valence-corrected chi connectivity index (χ0v) is 10.4. The van der Waals surface area contributed by atoms with Crippen molar-refractivity contribution in [1.29, 1.82) is 0 Å². The quantitative estimate of drug-likeness (QED) is 0.471. The maximum absolute atomic E-state index is 12.0. The first kappa shape index (κ1) is 12.3. The molecular formula is C15H14O3. The smallest absolute Gasteiger partial charge is 0.308 e. The molecule has 0 atom stereocenters. The van der Waals surface area contributed by atoms with E-state index in [1.165, 1.54) is 6.92 Å². The first-order valence-electron chi connectivity index (χ1n) is 5.87. The van der Waals surface area contributed by atoms with Crippen molar-refractivity contribution in [2.75, 3.05) is 0 Å². The summed E-state index contributed by atoms with van der Waals surface area (Å²) in [6.07, 6.45) is 0.377. The average Bonchev–Trinajstić information content (AvgIpc) is 2.37. The molecule has 18 heavy (non-hydrogen) atoms. The standard InChI is InChI=1S/C15H14O3/c1-3-13(17)15-12-7-5-4-6-11(12)8-9-14(15)18-10(2)16/h4-9H,3H2,1-2H3. The third-order valence-corrected chi connectivity index (χ3v) is 2.74. The molecule has 0 unspecified atom stereocenters. The number of fused-ring (bicyclic) bond motifs is 1. The van der Waals surface area contributed by atoms with Crippen LogP contribution >= 0.6 is 0 Å². The minimum Gasteiger partial charge on any atom is -0.426 e. The molecule has 0 aliphatic carbocycles. The zero-order valence-electron chi connectivity index (χ0n) is 10.4. The van der Waals surface area contributed by atoms with Crippen LogP contribution in [0.15, 0.2) is 36.4 Å². The summed E-state index contributed by atoms with van der Waals surface area (Å²) in [6, 6.07) is 11.1. The highest BCUT2D eigenvalue weighted by Crippen LogP contribution is 2.29. The molecule has 0 amide bonds. The number of Topliss-reactive ketones (excluding diaryl/α,β-unsaturated/α-hetero) is 1. The van der Waals surface area contributed by atoms with Crippen LogP contribution in [0.1, 0.15) is 30.6 Å². The number of carbonyl (C=O) groups excluding carboxylic acids is 2. The van der Waals surface area contributed by atoms with Crippen LogP contribution in [-0.2, 0) is 4.79 Å². The predicted octanol–water partition coefficient (Wildman–Crippen LogP) is 3.36. The van der Waals surface area contributed by atoms with E-state index in [4.69, 9.17) is 4.74 Å². The number of ether oxygens (including phenoxy) is 1. The largest absolute Gasteiger partial charge is 0.426 e. The first-order chi connectivity index (χ1) is 8.63. The van der Waals surface area contributed by atoms with Crippen molar-refractivity contribution < 1.29 is 14.3 Å². The van der Waals surface area contributed by atoms with Gasteiger partial charge in [0, 0.05) is 13.3 Å². The second-order valence-corrected chi connectivity index (χ2v) is 4.03. The molecule has 0 bridgehead atoms. The van der Waals surface area contributed by atoms with Crippen LogP contribution in [0.5, 0.6) is 5.75 Å². The van der Waals surface area contributed by atoms with Gasteiger partial charge in [-0.15, -0.1) is 0 Å². The molecule has 0 saturated heterocycles. The molecule has 0 spiro atoms. The third kappa shape index (κ3) is 2.25. The number of benzene rings is 2. The Bertz CT molecular complexity index is 614. The lowest BCUT2D eigenvalue weighted by atomic mass is 9.99. The Kier molecular flexibility index (Phi) is 3.42. The molecule has 3 nitrogen and oxygen atoms in total. The monoisotopic (exact) mass is 242 g/mol. The van der Waals surface area contributed by atoms with Crippen LogP contribution in [0.25, 0.3) is 10.8 Å². The third-order valence-electron chi connectivity index (χ3n) is 2.74. The fraction of sp³-hybridized carbons (Fsp3) is 0.200. The van der Waals surface area contributed by atoms with Crippen LogP contribution in [0.4, 0.5) is 0 Å². The van der Waals surface area contributed by atoms with Gasteiger partial charge in [0.25, 0.3) is 0 Å². The van der Waals surface area contributed by atoms with E-state index >= 15 is 0 Å². The lowest BCUT2D eigenvalue weighted by molar-refractivity contribution is -0.131. The number of ketones is 1. The van der Waals surface area contributed by atoms with Crippen molar-refractivity contribution >= 4 is 22.5 Å². The van der Waals surface area contributed by atoms with Crippen molar-refractivity contribution in [3.63, 3.8) is 0 Å². The van der Waals surface area contributed by atoms with Gasteiger partial charge in [-0.1, -0.05) is 37.3 Å². The van der Waals surface area contributed by atoms with E-state index in [1.807, 2.05) is 30.3 Å². The summed E-state index contributed by atoms with van der Waals surface area (Å²) in [5.41, 5.74) is 0.491. The van der Waals surface area contributed by atoms with Gasteiger partial charge in [-0.05, 0) is 16.8 Å². The summed E-state index contributed by atoms with van der Waals surface area (Å²) >= 11 is 0. The van der Waals surface area contributed by atoms with E-state index in [2.05, 4.69) is 0 Å². The van der Waals surface area contributed by atoms with E-state index in [0.717, 1.165) is 10.8 Å². The maximum Gasteiger partial charge on any atom is 0.308 e. The summed E-state index contributed by atoms with van der Waals surface area (Å²) in [4.78, 5) is 23.1. The highest BCUT2D eigenvalue weighted by atomic mass is 16.5. The van der Waals surface area contributed by atoms with Gasteiger partial charge in [0.2, 0.25) is 0 Å². The maximum atomic E-state index is 12.0. The molecular weight excluding hydrogens is 228 g/mol. The molecule has 0 aromatic heterocycles. The Hall–Kier alpha value is -2.16. The molecule has 0 radical (unpaired) electrons. The fourth-order valence-electron chi connectivity index (χ4n) is 1.96. The summed E-state index contributed by atoms with van der Waals surface area (Å²) in [7, 11) is 0. The van der Waals surface area contributed by atoms with Crippen molar-refractivity contribution in [2.45, 2.75) is 20.3 Å². The van der Waals surface area contributed by atoms with E-state index in [-0.39, 0.29) is 5.78 Å². The van der Waals surface area contributed by atoms with Gasteiger partial charge < -0.3 is 4.74 Å². The predicted molar refractivity (Wildman–Crippen MR) is 69.9 cm³/mol. The molecule has 92 valence electrons. The molecule has 0 fully saturated rings. The fourth-order valence-corrected chi connectivity index (χ4v) is 1.96. The minimum atomic E-state index is -0.421.